The summed E-state index contributed by atoms with van der Waals surface area (Å²) in [6, 6.07) is 7.27. The Hall–Kier alpha value is -1.10. The van der Waals surface area contributed by atoms with Gasteiger partial charge in [-0.3, -0.25) is 4.79 Å². The minimum atomic E-state index is -0.124. The van der Waals surface area contributed by atoms with Crippen molar-refractivity contribution < 1.29 is 9.53 Å². The summed E-state index contributed by atoms with van der Waals surface area (Å²) < 4.78 is 4.96. The topological polar surface area (TPSA) is 50.4 Å². The number of nitrogens with one attached hydrogen (secondary N) is 2. The third kappa shape index (κ3) is 5.17. The molecule has 2 N–H and O–H groups in total. The van der Waals surface area contributed by atoms with E-state index in [0.29, 0.717) is 17.3 Å². The molecule has 5 heteroatoms. The van der Waals surface area contributed by atoms with E-state index >= 15 is 0 Å². The summed E-state index contributed by atoms with van der Waals surface area (Å²) in [5.41, 5.74) is 0.625. The van der Waals surface area contributed by atoms with Crippen molar-refractivity contribution >= 4 is 23.2 Å². The molecule has 0 bridgehead atoms. The first-order valence-corrected chi connectivity index (χ1v) is 5.78. The van der Waals surface area contributed by atoms with Crippen LogP contribution in [0, 0.1) is 0 Å². The lowest BCUT2D eigenvalue weighted by molar-refractivity contribution is -0.115. The van der Waals surface area contributed by atoms with Crippen molar-refractivity contribution in [2.45, 2.75) is 13.0 Å². The third-order valence-electron chi connectivity index (χ3n) is 2.18. The van der Waals surface area contributed by atoms with Crippen LogP contribution >= 0.6 is 11.6 Å². The lowest BCUT2D eigenvalue weighted by Crippen LogP contribution is -2.36. The number of amides is 1. The van der Waals surface area contributed by atoms with Crippen LogP contribution in [0.3, 0.4) is 0 Å². The molecule has 0 saturated carbocycles. The second kappa shape index (κ2) is 7.27. The largest absolute Gasteiger partial charge is 0.383 e. The van der Waals surface area contributed by atoms with Crippen molar-refractivity contribution in [3.05, 3.63) is 29.3 Å². The number of methoxy groups -OCH3 is 1. The smallest absolute Gasteiger partial charge is 0.238 e. The van der Waals surface area contributed by atoms with E-state index in [1.54, 1.807) is 19.2 Å². The maximum atomic E-state index is 11.6. The maximum Gasteiger partial charge on any atom is 0.238 e. The number of hydrogen-bond donors (Lipinski definition) is 2. The molecule has 17 heavy (non-hydrogen) atoms. The highest BCUT2D eigenvalue weighted by atomic mass is 35.5. The number of para-hydroxylation sites is 1. The van der Waals surface area contributed by atoms with E-state index in [-0.39, 0.29) is 18.5 Å². The normalized spacial score (nSPS) is 12.2. The van der Waals surface area contributed by atoms with Crippen molar-refractivity contribution in [3.63, 3.8) is 0 Å². The average Bonchev–Trinajstić information content (AvgIpc) is 2.30. The van der Waals surface area contributed by atoms with Crippen LogP contribution in [0.25, 0.3) is 0 Å². The molecular formula is C12H17ClN2O2. The first kappa shape index (κ1) is 14.0. The molecule has 0 aromatic heterocycles. The molecule has 0 aliphatic heterocycles. The molecule has 0 heterocycles. The highest BCUT2D eigenvalue weighted by molar-refractivity contribution is 6.33. The molecule has 4 nitrogen and oxygen atoms in total. The second-order valence-electron chi connectivity index (χ2n) is 3.77. The van der Waals surface area contributed by atoms with Gasteiger partial charge in [0.25, 0.3) is 0 Å². The summed E-state index contributed by atoms with van der Waals surface area (Å²) in [5.74, 6) is -0.124. The summed E-state index contributed by atoms with van der Waals surface area (Å²) >= 11 is 5.93. The number of rotatable bonds is 6. The molecule has 0 aliphatic carbocycles. The number of halogens is 1. The number of benzene rings is 1. The monoisotopic (exact) mass is 256 g/mol. The van der Waals surface area contributed by atoms with Crippen LogP contribution in [-0.4, -0.2) is 32.2 Å². The molecule has 1 atom stereocenters. The number of carbonyl (C=O) groups excluding carboxylic acids is 1. The van der Waals surface area contributed by atoms with Gasteiger partial charge in [0, 0.05) is 13.2 Å². The van der Waals surface area contributed by atoms with Gasteiger partial charge in [0.15, 0.2) is 0 Å². The zero-order valence-electron chi connectivity index (χ0n) is 10.00. The van der Waals surface area contributed by atoms with Crippen molar-refractivity contribution in [2.75, 3.05) is 25.6 Å². The number of carbonyl (C=O) groups is 1. The lowest BCUT2D eigenvalue weighted by Gasteiger charge is -2.12. The van der Waals surface area contributed by atoms with Gasteiger partial charge in [-0.1, -0.05) is 23.7 Å². The fourth-order valence-corrected chi connectivity index (χ4v) is 1.52. The fraction of sp³-hybridized carbons (Fsp3) is 0.417. The van der Waals surface area contributed by atoms with Gasteiger partial charge >= 0.3 is 0 Å². The third-order valence-corrected chi connectivity index (χ3v) is 2.51. The first-order valence-electron chi connectivity index (χ1n) is 5.40. The molecule has 94 valence electrons. The van der Waals surface area contributed by atoms with Crippen molar-refractivity contribution in [2.24, 2.45) is 0 Å². The van der Waals surface area contributed by atoms with Crippen molar-refractivity contribution in [1.29, 1.82) is 0 Å². The highest BCUT2D eigenvalue weighted by Crippen LogP contribution is 2.19. The molecule has 1 amide bonds. The number of hydrogen-bond acceptors (Lipinski definition) is 3. The van der Waals surface area contributed by atoms with E-state index in [9.17, 15) is 4.79 Å². The van der Waals surface area contributed by atoms with E-state index in [4.69, 9.17) is 16.3 Å². The van der Waals surface area contributed by atoms with Gasteiger partial charge in [-0.2, -0.15) is 0 Å². The Labute approximate surface area is 106 Å². The van der Waals surface area contributed by atoms with Crippen LogP contribution in [0.15, 0.2) is 24.3 Å². The van der Waals surface area contributed by atoms with Gasteiger partial charge in [0.1, 0.15) is 0 Å². The Morgan fingerprint density at radius 1 is 1.47 bits per heavy atom. The molecule has 0 saturated heterocycles. The summed E-state index contributed by atoms with van der Waals surface area (Å²) in [5, 5.41) is 6.31. The summed E-state index contributed by atoms with van der Waals surface area (Å²) in [6.07, 6.45) is 0. The molecular weight excluding hydrogens is 240 g/mol. The van der Waals surface area contributed by atoms with Crippen LogP contribution in [0.2, 0.25) is 5.02 Å². The fourth-order valence-electron chi connectivity index (χ4n) is 1.33. The van der Waals surface area contributed by atoms with Crippen LogP contribution < -0.4 is 10.6 Å². The van der Waals surface area contributed by atoms with E-state index in [1.807, 2.05) is 19.1 Å². The molecule has 1 aromatic rings. The molecule has 1 aromatic carbocycles. The van der Waals surface area contributed by atoms with Crippen LogP contribution in [0.4, 0.5) is 5.69 Å². The zero-order valence-corrected chi connectivity index (χ0v) is 10.8. The molecule has 0 fully saturated rings. The number of anilines is 1. The van der Waals surface area contributed by atoms with E-state index in [1.165, 1.54) is 0 Å². The Balaban J connectivity index is 2.37. The van der Waals surface area contributed by atoms with Crippen LogP contribution in [0.5, 0.6) is 0 Å². The Morgan fingerprint density at radius 2 is 2.18 bits per heavy atom. The minimum Gasteiger partial charge on any atom is -0.383 e. The Morgan fingerprint density at radius 3 is 2.82 bits per heavy atom. The molecule has 1 unspecified atom stereocenters. The number of ether oxygens (including phenoxy) is 1. The van der Waals surface area contributed by atoms with E-state index in [2.05, 4.69) is 10.6 Å². The average molecular weight is 257 g/mol. The zero-order chi connectivity index (χ0) is 12.7. The quantitative estimate of drug-likeness (QED) is 0.817. The second-order valence-corrected chi connectivity index (χ2v) is 4.17. The SMILES string of the molecule is COCC(C)NCC(=O)Nc1ccccc1Cl. The predicted molar refractivity (Wildman–Crippen MR) is 69.4 cm³/mol. The van der Waals surface area contributed by atoms with Gasteiger partial charge < -0.3 is 15.4 Å². The molecule has 0 aliphatic rings. The highest BCUT2D eigenvalue weighted by Gasteiger charge is 2.07. The van der Waals surface area contributed by atoms with Crippen molar-refractivity contribution in [1.82, 2.24) is 5.32 Å². The predicted octanol–water partition coefficient (Wildman–Crippen LogP) is 1.90. The summed E-state index contributed by atoms with van der Waals surface area (Å²) in [4.78, 5) is 11.6. The lowest BCUT2D eigenvalue weighted by atomic mass is 10.3. The minimum absolute atomic E-state index is 0.124. The van der Waals surface area contributed by atoms with Gasteiger partial charge in [-0.15, -0.1) is 0 Å². The van der Waals surface area contributed by atoms with Gasteiger partial charge in [0.05, 0.1) is 23.9 Å². The first-order chi connectivity index (χ1) is 8.13. The molecule has 1 rings (SSSR count). The van der Waals surface area contributed by atoms with Crippen LogP contribution in [-0.2, 0) is 9.53 Å². The van der Waals surface area contributed by atoms with Crippen molar-refractivity contribution in [3.8, 4) is 0 Å². The standard InChI is InChI=1S/C12H17ClN2O2/c1-9(8-17-2)14-7-12(16)15-11-6-4-3-5-10(11)13/h3-6,9,14H,7-8H2,1-2H3,(H,15,16). The maximum absolute atomic E-state index is 11.6. The Kier molecular flexibility index (Phi) is 5.97. The van der Waals surface area contributed by atoms with Gasteiger partial charge in [-0.25, -0.2) is 0 Å². The van der Waals surface area contributed by atoms with Crippen LogP contribution in [0.1, 0.15) is 6.92 Å². The molecule has 0 spiro atoms. The van der Waals surface area contributed by atoms with E-state index in [0.717, 1.165) is 0 Å². The Bertz CT molecular complexity index is 371. The van der Waals surface area contributed by atoms with Gasteiger partial charge in [-0.05, 0) is 19.1 Å². The van der Waals surface area contributed by atoms with Gasteiger partial charge in [0.2, 0.25) is 5.91 Å². The molecule has 0 radical (unpaired) electrons. The summed E-state index contributed by atoms with van der Waals surface area (Å²) in [7, 11) is 1.63. The summed E-state index contributed by atoms with van der Waals surface area (Å²) in [6.45, 7) is 2.75. The van der Waals surface area contributed by atoms with E-state index < -0.39 is 0 Å².